The van der Waals surface area contributed by atoms with Crippen LogP contribution in [0.25, 0.3) is 6.08 Å². The molecular weight excluding hydrogens is 462 g/mol. The first-order valence-corrected chi connectivity index (χ1v) is 13.7. The van der Waals surface area contributed by atoms with Crippen LogP contribution < -0.4 is 14.9 Å². The predicted octanol–water partition coefficient (Wildman–Crippen LogP) is 4.01. The highest BCUT2D eigenvalue weighted by molar-refractivity contribution is 7.89. The molecule has 1 aliphatic heterocycles. The number of β-lactam (4-membered cyclic amide) rings is 1. The number of benzene rings is 2. The van der Waals surface area contributed by atoms with Crippen LogP contribution in [-0.2, 0) is 19.6 Å². The normalized spacial score (nSPS) is 21.8. The first-order chi connectivity index (χ1) is 16.7. The molecule has 1 saturated heterocycles. The summed E-state index contributed by atoms with van der Waals surface area (Å²) in [5.74, 6) is -0.385. The van der Waals surface area contributed by atoms with Gasteiger partial charge < -0.3 is 5.32 Å². The third kappa shape index (κ3) is 5.33. The Hall–Kier alpha value is -2.97. The number of nitrogens with one attached hydrogen (secondary N) is 2. The molecule has 1 heterocycles. The molecule has 4 rings (SSSR count). The fraction of sp³-hybridized carbons (Fsp3) is 0.407. The predicted molar refractivity (Wildman–Crippen MR) is 137 cm³/mol. The Bertz CT molecular complexity index is 1190. The highest BCUT2D eigenvalue weighted by Gasteiger charge is 2.56. The maximum atomic E-state index is 13.6. The van der Waals surface area contributed by atoms with Crippen LogP contribution in [0.5, 0.6) is 0 Å². The molecule has 8 heteroatoms. The maximum absolute atomic E-state index is 13.6. The van der Waals surface area contributed by atoms with Crippen molar-refractivity contribution in [2.45, 2.75) is 74.9 Å². The number of carbonyl (C=O) groups is 2. The molecule has 2 aromatic carbocycles. The second-order valence-corrected chi connectivity index (χ2v) is 11.2. The van der Waals surface area contributed by atoms with Crippen molar-refractivity contribution in [3.63, 3.8) is 0 Å². The van der Waals surface area contributed by atoms with Crippen LogP contribution in [0, 0.1) is 0 Å². The van der Waals surface area contributed by atoms with Crippen molar-refractivity contribution in [3.05, 3.63) is 66.2 Å². The van der Waals surface area contributed by atoms with Gasteiger partial charge in [0.25, 0.3) is 5.91 Å². The van der Waals surface area contributed by atoms with Crippen molar-refractivity contribution in [2.75, 3.05) is 4.90 Å². The molecule has 1 saturated carbocycles. The molecule has 2 atom stereocenters. The Morgan fingerprint density at radius 3 is 2.37 bits per heavy atom. The Morgan fingerprint density at radius 2 is 1.77 bits per heavy atom. The summed E-state index contributed by atoms with van der Waals surface area (Å²) in [5, 5.41) is 3.15. The minimum absolute atomic E-state index is 0.0600. The molecule has 1 aliphatic carbocycles. The third-order valence-electron chi connectivity index (χ3n) is 6.88. The van der Waals surface area contributed by atoms with Crippen LogP contribution in [0.4, 0.5) is 5.69 Å². The van der Waals surface area contributed by atoms with E-state index in [1.807, 2.05) is 43.3 Å². The fourth-order valence-corrected chi connectivity index (χ4v) is 5.98. The number of anilines is 1. The number of sulfonamides is 1. The average Bonchev–Trinajstić information content (AvgIpc) is 3.35. The Labute approximate surface area is 207 Å². The zero-order chi connectivity index (χ0) is 25.1. The Morgan fingerprint density at radius 1 is 1.11 bits per heavy atom. The number of amides is 2. The lowest BCUT2D eigenvalue weighted by Gasteiger charge is -2.49. The molecule has 0 unspecified atom stereocenters. The lowest BCUT2D eigenvalue weighted by atomic mass is 9.80. The summed E-state index contributed by atoms with van der Waals surface area (Å²) >= 11 is 0. The largest absolute Gasteiger partial charge is 0.351 e. The van der Waals surface area contributed by atoms with Gasteiger partial charge in [0.2, 0.25) is 15.9 Å². The first kappa shape index (κ1) is 25.1. The van der Waals surface area contributed by atoms with E-state index in [-0.39, 0.29) is 35.2 Å². The highest BCUT2D eigenvalue weighted by Crippen LogP contribution is 2.40. The van der Waals surface area contributed by atoms with E-state index >= 15 is 0 Å². The lowest BCUT2D eigenvalue weighted by Crippen LogP contribution is -2.70. The molecular formula is C27H33N3O4S. The molecule has 2 fully saturated rings. The van der Waals surface area contributed by atoms with E-state index in [9.17, 15) is 18.0 Å². The SMILES string of the molecule is CC[C@@H](C)NS(=O)(=O)c1ccc(N2C(=O)C[C@]2(/C=C/c2ccccc2)C(=O)NC2CCCC2)cc1. The van der Waals surface area contributed by atoms with Gasteiger partial charge in [-0.15, -0.1) is 0 Å². The minimum Gasteiger partial charge on any atom is -0.351 e. The number of hydrogen-bond acceptors (Lipinski definition) is 4. The van der Waals surface area contributed by atoms with Crippen molar-refractivity contribution in [2.24, 2.45) is 0 Å². The van der Waals surface area contributed by atoms with Gasteiger partial charge in [-0.2, -0.15) is 0 Å². The monoisotopic (exact) mass is 495 g/mol. The molecule has 0 bridgehead atoms. The summed E-state index contributed by atoms with van der Waals surface area (Å²) in [6, 6.07) is 15.7. The third-order valence-corrected chi connectivity index (χ3v) is 8.48. The van der Waals surface area contributed by atoms with Crippen LogP contribution >= 0.6 is 0 Å². The van der Waals surface area contributed by atoms with Gasteiger partial charge in [-0.05, 0) is 62.1 Å². The Balaban J connectivity index is 1.65. The van der Waals surface area contributed by atoms with Crippen molar-refractivity contribution in [1.82, 2.24) is 10.0 Å². The van der Waals surface area contributed by atoms with Crippen LogP contribution in [0.15, 0.2) is 65.6 Å². The number of rotatable bonds is 9. The van der Waals surface area contributed by atoms with Crippen LogP contribution in [0.3, 0.4) is 0 Å². The van der Waals surface area contributed by atoms with E-state index in [2.05, 4.69) is 10.0 Å². The van der Waals surface area contributed by atoms with Crippen LogP contribution in [0.2, 0.25) is 0 Å². The lowest BCUT2D eigenvalue weighted by molar-refractivity contribution is -0.137. The van der Waals surface area contributed by atoms with Crippen molar-refractivity contribution >= 4 is 33.6 Å². The van der Waals surface area contributed by atoms with E-state index in [4.69, 9.17) is 0 Å². The van der Waals surface area contributed by atoms with Gasteiger partial charge in [-0.1, -0.05) is 56.2 Å². The molecule has 0 aromatic heterocycles. The summed E-state index contributed by atoms with van der Waals surface area (Å²) in [5.41, 5.74) is 0.255. The van der Waals surface area contributed by atoms with E-state index in [0.29, 0.717) is 12.1 Å². The molecule has 2 aromatic rings. The van der Waals surface area contributed by atoms with Crippen molar-refractivity contribution < 1.29 is 18.0 Å². The van der Waals surface area contributed by atoms with E-state index < -0.39 is 15.6 Å². The second kappa shape index (κ2) is 10.3. The van der Waals surface area contributed by atoms with E-state index in [1.165, 1.54) is 17.0 Å². The standard InChI is InChI=1S/C27H33N3O4S/c1-3-20(2)29-35(33,34)24-15-13-23(14-16-24)30-25(31)19-27(30,18-17-21-9-5-4-6-10-21)26(32)28-22-11-7-8-12-22/h4-6,9-10,13-18,20,22,29H,3,7-8,11-12,19H2,1-2H3,(H,28,32)/b18-17+/t20-,27-/m1/s1. The summed E-state index contributed by atoms with van der Waals surface area (Å²) in [6.07, 6.45) is 8.44. The van der Waals surface area contributed by atoms with Gasteiger partial charge in [0.1, 0.15) is 0 Å². The van der Waals surface area contributed by atoms with Gasteiger partial charge >= 0.3 is 0 Å². The van der Waals surface area contributed by atoms with E-state index in [0.717, 1.165) is 31.2 Å². The maximum Gasteiger partial charge on any atom is 0.251 e. The fourth-order valence-electron chi connectivity index (χ4n) is 4.65. The zero-order valence-electron chi connectivity index (χ0n) is 20.2. The molecule has 35 heavy (non-hydrogen) atoms. The summed E-state index contributed by atoms with van der Waals surface area (Å²) in [6.45, 7) is 3.71. The van der Waals surface area contributed by atoms with Crippen LogP contribution in [0.1, 0.15) is 57.9 Å². The number of hydrogen-bond donors (Lipinski definition) is 2. The van der Waals surface area contributed by atoms with Gasteiger partial charge in [-0.25, -0.2) is 13.1 Å². The molecule has 7 nitrogen and oxygen atoms in total. The van der Waals surface area contributed by atoms with Gasteiger partial charge in [0.05, 0.1) is 11.3 Å². The number of carbonyl (C=O) groups excluding carboxylic acids is 2. The first-order valence-electron chi connectivity index (χ1n) is 12.3. The second-order valence-electron chi connectivity index (χ2n) is 9.45. The Kier molecular flexibility index (Phi) is 7.42. The molecule has 186 valence electrons. The van der Waals surface area contributed by atoms with Gasteiger partial charge in [0.15, 0.2) is 5.54 Å². The van der Waals surface area contributed by atoms with Crippen molar-refractivity contribution in [1.29, 1.82) is 0 Å². The van der Waals surface area contributed by atoms with Gasteiger partial charge in [0, 0.05) is 17.8 Å². The smallest absolute Gasteiger partial charge is 0.251 e. The molecule has 2 amide bonds. The average molecular weight is 496 g/mol. The topological polar surface area (TPSA) is 95.6 Å². The molecule has 0 radical (unpaired) electrons. The minimum atomic E-state index is -3.67. The van der Waals surface area contributed by atoms with Crippen molar-refractivity contribution in [3.8, 4) is 0 Å². The quantitative estimate of drug-likeness (QED) is 0.514. The summed E-state index contributed by atoms with van der Waals surface area (Å²) < 4.78 is 27.9. The highest BCUT2D eigenvalue weighted by atomic mass is 32.2. The van der Waals surface area contributed by atoms with Crippen LogP contribution in [-0.4, -0.2) is 37.9 Å². The number of nitrogens with zero attached hydrogens (tertiary/aromatic N) is 1. The summed E-state index contributed by atoms with van der Waals surface area (Å²) in [7, 11) is -3.67. The molecule has 0 spiro atoms. The van der Waals surface area contributed by atoms with E-state index in [1.54, 1.807) is 25.1 Å². The molecule has 2 N–H and O–H groups in total. The summed E-state index contributed by atoms with van der Waals surface area (Å²) in [4.78, 5) is 28.0. The zero-order valence-corrected chi connectivity index (χ0v) is 21.1. The molecule has 2 aliphatic rings. The van der Waals surface area contributed by atoms with Gasteiger partial charge in [-0.3, -0.25) is 14.5 Å².